The first-order chi connectivity index (χ1) is 12.7. The van der Waals surface area contributed by atoms with E-state index in [1.807, 2.05) is 5.38 Å². The maximum absolute atomic E-state index is 13.4. The first-order valence-corrected chi connectivity index (χ1v) is 9.35. The molecule has 0 saturated carbocycles. The Labute approximate surface area is 154 Å². The summed E-state index contributed by atoms with van der Waals surface area (Å²) in [5, 5.41) is 12.5. The molecule has 1 saturated heterocycles. The van der Waals surface area contributed by atoms with Gasteiger partial charge in [-0.1, -0.05) is 12.1 Å². The molecule has 1 aliphatic heterocycles. The van der Waals surface area contributed by atoms with Crippen LogP contribution in [0.15, 0.2) is 35.8 Å². The fraction of sp³-hybridized carbons (Fsp3) is 0.278. The fourth-order valence-corrected chi connectivity index (χ4v) is 3.90. The minimum absolute atomic E-state index is 0.270. The number of carbonyl (C=O) groups is 1. The molecule has 2 aromatic heterocycles. The Morgan fingerprint density at radius 3 is 3.00 bits per heavy atom. The maximum atomic E-state index is 13.4. The third-order valence-corrected chi connectivity index (χ3v) is 5.29. The van der Waals surface area contributed by atoms with Gasteiger partial charge in [-0.3, -0.25) is 9.89 Å². The lowest BCUT2D eigenvalue weighted by atomic mass is 10.1. The second kappa shape index (κ2) is 7.25. The fourth-order valence-electron chi connectivity index (χ4n) is 3.02. The number of hydrogen-bond donors (Lipinski definition) is 2. The van der Waals surface area contributed by atoms with Crippen molar-refractivity contribution in [3.63, 3.8) is 0 Å². The van der Waals surface area contributed by atoms with Crippen molar-refractivity contribution >= 4 is 22.4 Å². The van der Waals surface area contributed by atoms with Gasteiger partial charge in [-0.15, -0.1) is 11.3 Å². The second-order valence-electron chi connectivity index (χ2n) is 6.17. The molecule has 26 heavy (non-hydrogen) atoms. The zero-order chi connectivity index (χ0) is 17.9. The summed E-state index contributed by atoms with van der Waals surface area (Å²) in [6.45, 7) is 2.44. The number of hydrogen-bond acceptors (Lipinski definition) is 5. The van der Waals surface area contributed by atoms with Crippen LogP contribution in [0.2, 0.25) is 0 Å². The van der Waals surface area contributed by atoms with E-state index in [1.54, 1.807) is 23.5 Å². The third-order valence-electron chi connectivity index (χ3n) is 4.34. The first-order valence-electron chi connectivity index (χ1n) is 8.47. The lowest BCUT2D eigenvalue weighted by Crippen LogP contribution is -2.23. The number of benzene rings is 1. The van der Waals surface area contributed by atoms with Gasteiger partial charge in [0.1, 0.15) is 5.82 Å². The smallest absolute Gasteiger partial charge is 0.255 e. The Hall–Kier alpha value is -2.74. The molecule has 6 nitrogen and oxygen atoms in total. The zero-order valence-electron chi connectivity index (χ0n) is 14.0. The van der Waals surface area contributed by atoms with Crippen molar-refractivity contribution in [1.29, 1.82) is 0 Å². The van der Waals surface area contributed by atoms with Gasteiger partial charge in [0.2, 0.25) is 0 Å². The van der Waals surface area contributed by atoms with E-state index >= 15 is 0 Å². The van der Waals surface area contributed by atoms with Crippen molar-refractivity contribution in [3.8, 4) is 11.3 Å². The van der Waals surface area contributed by atoms with Gasteiger partial charge in [0.05, 0.1) is 29.7 Å². The van der Waals surface area contributed by atoms with E-state index in [4.69, 9.17) is 0 Å². The third kappa shape index (κ3) is 3.45. The van der Waals surface area contributed by atoms with E-state index in [0.717, 1.165) is 23.9 Å². The molecule has 0 atom stereocenters. The number of halogens is 1. The molecule has 0 aliphatic carbocycles. The highest BCUT2D eigenvalue weighted by Crippen LogP contribution is 2.25. The minimum Gasteiger partial charge on any atom is -0.348 e. The summed E-state index contributed by atoms with van der Waals surface area (Å²) in [6.07, 6.45) is 3.86. The molecule has 0 unspecified atom stereocenters. The number of H-pyrrole nitrogens is 1. The average molecular weight is 371 g/mol. The monoisotopic (exact) mass is 371 g/mol. The summed E-state index contributed by atoms with van der Waals surface area (Å²) in [4.78, 5) is 19.4. The maximum Gasteiger partial charge on any atom is 0.255 e. The number of aromatic amines is 1. The molecule has 0 spiro atoms. The number of rotatable bonds is 5. The molecule has 134 valence electrons. The predicted molar refractivity (Wildman–Crippen MR) is 98.7 cm³/mol. The number of amides is 1. The molecule has 3 aromatic rings. The summed E-state index contributed by atoms with van der Waals surface area (Å²) in [7, 11) is 0. The molecular weight excluding hydrogens is 353 g/mol. The molecule has 0 bridgehead atoms. The van der Waals surface area contributed by atoms with E-state index in [0.29, 0.717) is 23.4 Å². The SMILES string of the molecule is O=C(NCc1csc(N2CCCC2)n1)c1cn[nH]c1-c1cccc(F)c1. The number of aromatic nitrogens is 3. The van der Waals surface area contributed by atoms with Gasteiger partial charge >= 0.3 is 0 Å². The highest BCUT2D eigenvalue weighted by molar-refractivity contribution is 7.13. The van der Waals surface area contributed by atoms with Crippen LogP contribution in [0.5, 0.6) is 0 Å². The molecule has 1 amide bonds. The highest BCUT2D eigenvalue weighted by Gasteiger charge is 2.18. The Morgan fingerprint density at radius 2 is 2.19 bits per heavy atom. The van der Waals surface area contributed by atoms with Crippen LogP contribution in [0.3, 0.4) is 0 Å². The summed E-state index contributed by atoms with van der Waals surface area (Å²) in [5.41, 5.74) is 2.29. The van der Waals surface area contributed by atoms with Gasteiger partial charge in [0, 0.05) is 24.0 Å². The van der Waals surface area contributed by atoms with Crippen LogP contribution in [0, 0.1) is 5.82 Å². The molecule has 2 N–H and O–H groups in total. The van der Waals surface area contributed by atoms with Crippen molar-refractivity contribution in [2.75, 3.05) is 18.0 Å². The van der Waals surface area contributed by atoms with Crippen LogP contribution in [-0.4, -0.2) is 34.2 Å². The van der Waals surface area contributed by atoms with Gasteiger partial charge in [0.15, 0.2) is 5.13 Å². The second-order valence-corrected chi connectivity index (χ2v) is 7.00. The molecule has 8 heteroatoms. The number of anilines is 1. The van der Waals surface area contributed by atoms with Crippen LogP contribution in [0.1, 0.15) is 28.9 Å². The Balaban J connectivity index is 1.44. The lowest BCUT2D eigenvalue weighted by molar-refractivity contribution is 0.0951. The molecule has 1 aromatic carbocycles. The zero-order valence-corrected chi connectivity index (χ0v) is 14.9. The van der Waals surface area contributed by atoms with Gasteiger partial charge in [-0.05, 0) is 25.0 Å². The minimum atomic E-state index is -0.361. The molecule has 1 fully saturated rings. The standard InChI is InChI=1S/C18H18FN5OS/c19-13-5-3-4-12(8-13)16-15(10-21-23-16)17(25)20-9-14-11-26-18(22-14)24-6-1-2-7-24/h3-5,8,10-11H,1-2,6-7,9H2,(H,20,25)(H,21,23). The van der Waals surface area contributed by atoms with Gasteiger partial charge < -0.3 is 10.2 Å². The summed E-state index contributed by atoms with van der Waals surface area (Å²) in [5.74, 6) is -0.630. The number of nitrogens with one attached hydrogen (secondary N) is 2. The quantitative estimate of drug-likeness (QED) is 0.722. The number of thiazole rings is 1. The van der Waals surface area contributed by atoms with Crippen molar-refractivity contribution in [2.45, 2.75) is 19.4 Å². The van der Waals surface area contributed by atoms with Crippen molar-refractivity contribution in [2.24, 2.45) is 0 Å². The first kappa shape index (κ1) is 16.7. The van der Waals surface area contributed by atoms with Crippen LogP contribution in [0.4, 0.5) is 9.52 Å². The van der Waals surface area contributed by atoms with Crippen molar-refractivity contribution < 1.29 is 9.18 Å². The van der Waals surface area contributed by atoms with Crippen LogP contribution in [-0.2, 0) is 6.54 Å². The molecule has 0 radical (unpaired) electrons. The highest BCUT2D eigenvalue weighted by atomic mass is 32.1. The summed E-state index contributed by atoms with van der Waals surface area (Å²) in [6, 6.07) is 6.06. The molecule has 3 heterocycles. The molecular formula is C18H18FN5OS. The van der Waals surface area contributed by atoms with Crippen LogP contribution >= 0.6 is 11.3 Å². The van der Waals surface area contributed by atoms with Crippen molar-refractivity contribution in [3.05, 3.63) is 52.9 Å². The summed E-state index contributed by atoms with van der Waals surface area (Å²) >= 11 is 1.60. The topological polar surface area (TPSA) is 73.9 Å². The average Bonchev–Trinajstić information content (AvgIpc) is 3.40. The summed E-state index contributed by atoms with van der Waals surface area (Å²) < 4.78 is 13.4. The Morgan fingerprint density at radius 1 is 1.35 bits per heavy atom. The van der Waals surface area contributed by atoms with Crippen molar-refractivity contribution in [1.82, 2.24) is 20.5 Å². The van der Waals surface area contributed by atoms with E-state index in [2.05, 4.69) is 25.4 Å². The lowest BCUT2D eigenvalue weighted by Gasteiger charge is -2.12. The Kier molecular flexibility index (Phi) is 4.66. The normalized spacial score (nSPS) is 14.0. The van der Waals surface area contributed by atoms with Crippen LogP contribution in [0.25, 0.3) is 11.3 Å². The van der Waals surface area contributed by atoms with E-state index in [1.165, 1.54) is 31.2 Å². The number of nitrogens with zero attached hydrogens (tertiary/aromatic N) is 3. The van der Waals surface area contributed by atoms with Gasteiger partial charge in [0.25, 0.3) is 5.91 Å². The molecule has 1 aliphatic rings. The number of carbonyl (C=O) groups excluding carboxylic acids is 1. The van der Waals surface area contributed by atoms with E-state index < -0.39 is 0 Å². The molecule has 4 rings (SSSR count). The largest absolute Gasteiger partial charge is 0.348 e. The van der Waals surface area contributed by atoms with Crippen LogP contribution < -0.4 is 10.2 Å². The predicted octanol–water partition coefficient (Wildman–Crippen LogP) is 3.20. The van der Waals surface area contributed by atoms with E-state index in [9.17, 15) is 9.18 Å². The Bertz CT molecular complexity index is 916. The van der Waals surface area contributed by atoms with E-state index in [-0.39, 0.29) is 11.7 Å². The van der Waals surface area contributed by atoms with Gasteiger partial charge in [-0.2, -0.15) is 5.10 Å². The van der Waals surface area contributed by atoms with Gasteiger partial charge in [-0.25, -0.2) is 9.37 Å².